The van der Waals surface area contributed by atoms with Gasteiger partial charge in [-0.3, -0.25) is 9.59 Å². The van der Waals surface area contributed by atoms with Gasteiger partial charge in [0, 0.05) is 18.4 Å². The molecule has 128 valence electrons. The van der Waals surface area contributed by atoms with E-state index in [2.05, 4.69) is 6.92 Å². The van der Waals surface area contributed by atoms with Crippen molar-refractivity contribution in [2.24, 2.45) is 0 Å². The Labute approximate surface area is 140 Å². The van der Waals surface area contributed by atoms with Crippen LogP contribution in [-0.4, -0.2) is 22.8 Å². The minimum Gasteiger partial charge on any atom is -0.384 e. The number of aryl methyl sites for hydroxylation is 1. The highest BCUT2D eigenvalue weighted by Gasteiger charge is 2.19. The van der Waals surface area contributed by atoms with Crippen LogP contribution in [0, 0.1) is 0 Å². The van der Waals surface area contributed by atoms with E-state index in [9.17, 15) is 14.7 Å². The number of aliphatic hydroxyl groups excluding tert-OH is 1. The topological polar surface area (TPSA) is 54.4 Å². The van der Waals surface area contributed by atoms with Gasteiger partial charge in [-0.1, -0.05) is 63.8 Å². The van der Waals surface area contributed by atoms with Crippen LogP contribution in [-0.2, 0) is 11.2 Å². The number of hydrogen-bond donors (Lipinski definition) is 1. The monoisotopic (exact) mass is 318 g/mol. The SMILES string of the molecule is CCCCCCCc1ccc(C(=O)C(O)CC(=O)CCC)cc1. The lowest BCUT2D eigenvalue weighted by Gasteiger charge is -2.09. The number of carbonyl (C=O) groups is 2. The summed E-state index contributed by atoms with van der Waals surface area (Å²) in [6.45, 7) is 4.12. The predicted octanol–water partition coefficient (Wildman–Crippen LogP) is 4.50. The molecule has 0 aromatic heterocycles. The zero-order valence-electron chi connectivity index (χ0n) is 14.5. The quantitative estimate of drug-likeness (QED) is 0.456. The average Bonchev–Trinajstić information content (AvgIpc) is 2.54. The van der Waals surface area contributed by atoms with E-state index in [1.807, 2.05) is 19.1 Å². The van der Waals surface area contributed by atoms with Crippen molar-refractivity contribution in [2.45, 2.75) is 77.7 Å². The number of ketones is 2. The van der Waals surface area contributed by atoms with E-state index in [4.69, 9.17) is 0 Å². The van der Waals surface area contributed by atoms with Crippen LogP contribution < -0.4 is 0 Å². The normalized spacial score (nSPS) is 12.1. The third-order valence-corrected chi connectivity index (χ3v) is 4.06. The van der Waals surface area contributed by atoms with Crippen LogP contribution in [0.3, 0.4) is 0 Å². The van der Waals surface area contributed by atoms with Gasteiger partial charge in [-0.15, -0.1) is 0 Å². The summed E-state index contributed by atoms with van der Waals surface area (Å²) in [6.07, 6.45) is 7.13. The Balaban J connectivity index is 2.45. The molecule has 0 amide bonds. The lowest BCUT2D eigenvalue weighted by Crippen LogP contribution is -2.23. The van der Waals surface area contributed by atoms with Crippen molar-refractivity contribution in [1.82, 2.24) is 0 Å². The van der Waals surface area contributed by atoms with Crippen molar-refractivity contribution in [3.05, 3.63) is 35.4 Å². The van der Waals surface area contributed by atoms with Crippen molar-refractivity contribution < 1.29 is 14.7 Å². The molecular weight excluding hydrogens is 288 g/mol. The zero-order chi connectivity index (χ0) is 17.1. The Hall–Kier alpha value is -1.48. The number of unbranched alkanes of at least 4 members (excludes halogenated alkanes) is 4. The first-order valence-corrected chi connectivity index (χ1v) is 8.91. The molecular formula is C20H30O3. The van der Waals surface area contributed by atoms with E-state index < -0.39 is 6.10 Å². The Bertz CT molecular complexity index is 476. The summed E-state index contributed by atoms with van der Waals surface area (Å²) in [5.74, 6) is -0.416. The maximum atomic E-state index is 12.1. The first kappa shape index (κ1) is 19.6. The molecule has 1 N–H and O–H groups in total. The first-order valence-electron chi connectivity index (χ1n) is 8.91. The molecule has 3 heteroatoms. The summed E-state index contributed by atoms with van der Waals surface area (Å²) >= 11 is 0. The van der Waals surface area contributed by atoms with Crippen molar-refractivity contribution in [1.29, 1.82) is 0 Å². The molecule has 1 atom stereocenters. The molecule has 1 aromatic carbocycles. The van der Waals surface area contributed by atoms with E-state index in [-0.39, 0.29) is 18.0 Å². The van der Waals surface area contributed by atoms with Crippen molar-refractivity contribution in [2.75, 3.05) is 0 Å². The molecule has 0 radical (unpaired) electrons. The molecule has 3 nitrogen and oxygen atoms in total. The molecule has 0 spiro atoms. The Morgan fingerprint density at radius 1 is 0.957 bits per heavy atom. The zero-order valence-corrected chi connectivity index (χ0v) is 14.5. The summed E-state index contributed by atoms with van der Waals surface area (Å²) in [6, 6.07) is 7.43. The predicted molar refractivity (Wildman–Crippen MR) is 93.8 cm³/mol. The standard InChI is InChI=1S/C20H30O3/c1-3-5-6-7-8-10-16-11-13-17(14-12-16)20(23)19(22)15-18(21)9-4-2/h11-14,19,22H,3-10,15H2,1-2H3. The molecule has 0 saturated heterocycles. The van der Waals surface area contributed by atoms with Crippen molar-refractivity contribution in [3.63, 3.8) is 0 Å². The molecule has 1 unspecified atom stereocenters. The fourth-order valence-corrected chi connectivity index (χ4v) is 2.65. The van der Waals surface area contributed by atoms with E-state index >= 15 is 0 Å². The Morgan fingerprint density at radius 3 is 2.22 bits per heavy atom. The molecule has 1 aromatic rings. The second-order valence-electron chi connectivity index (χ2n) is 6.23. The van der Waals surface area contributed by atoms with Crippen molar-refractivity contribution >= 4 is 11.6 Å². The maximum absolute atomic E-state index is 12.1. The molecule has 0 aliphatic rings. The highest BCUT2D eigenvalue weighted by Crippen LogP contribution is 2.13. The number of rotatable bonds is 12. The molecule has 0 aliphatic heterocycles. The largest absolute Gasteiger partial charge is 0.384 e. The van der Waals surface area contributed by atoms with Gasteiger partial charge in [-0.05, 0) is 24.8 Å². The summed E-state index contributed by atoms with van der Waals surface area (Å²) in [4.78, 5) is 23.7. The van der Waals surface area contributed by atoms with Gasteiger partial charge in [0.2, 0.25) is 0 Å². The minimum atomic E-state index is -1.21. The second-order valence-corrected chi connectivity index (χ2v) is 6.23. The fourth-order valence-electron chi connectivity index (χ4n) is 2.65. The van der Waals surface area contributed by atoms with E-state index in [1.54, 1.807) is 12.1 Å². The van der Waals surface area contributed by atoms with Crippen LogP contribution >= 0.6 is 0 Å². The number of hydrogen-bond acceptors (Lipinski definition) is 3. The third kappa shape index (κ3) is 7.56. The van der Waals surface area contributed by atoms with Gasteiger partial charge in [-0.25, -0.2) is 0 Å². The van der Waals surface area contributed by atoms with Crippen LogP contribution in [0.25, 0.3) is 0 Å². The van der Waals surface area contributed by atoms with Gasteiger partial charge in [0.05, 0.1) is 0 Å². The molecule has 23 heavy (non-hydrogen) atoms. The molecule has 0 heterocycles. The smallest absolute Gasteiger partial charge is 0.191 e. The number of aliphatic hydroxyl groups is 1. The second kappa shape index (κ2) is 11.1. The summed E-state index contributed by atoms with van der Waals surface area (Å²) in [5.41, 5.74) is 1.70. The van der Waals surface area contributed by atoms with Crippen LogP contribution in [0.5, 0.6) is 0 Å². The highest BCUT2D eigenvalue weighted by molar-refractivity contribution is 6.01. The van der Waals surface area contributed by atoms with Gasteiger partial charge in [-0.2, -0.15) is 0 Å². The van der Waals surface area contributed by atoms with Gasteiger partial charge >= 0.3 is 0 Å². The van der Waals surface area contributed by atoms with Crippen LogP contribution in [0.15, 0.2) is 24.3 Å². The van der Waals surface area contributed by atoms with Gasteiger partial charge in [0.15, 0.2) is 5.78 Å². The highest BCUT2D eigenvalue weighted by atomic mass is 16.3. The van der Waals surface area contributed by atoms with Crippen LogP contribution in [0.4, 0.5) is 0 Å². The van der Waals surface area contributed by atoms with Crippen LogP contribution in [0.1, 0.15) is 81.1 Å². The number of Topliss-reactive ketones (excluding diaryl/α,β-unsaturated/α-hetero) is 2. The summed E-state index contributed by atoms with van der Waals surface area (Å²) < 4.78 is 0. The summed E-state index contributed by atoms with van der Waals surface area (Å²) in [7, 11) is 0. The lowest BCUT2D eigenvalue weighted by atomic mass is 9.98. The molecule has 0 aliphatic carbocycles. The molecule has 0 saturated carbocycles. The number of carbonyl (C=O) groups excluding carboxylic acids is 2. The third-order valence-electron chi connectivity index (χ3n) is 4.06. The van der Waals surface area contributed by atoms with E-state index in [0.717, 1.165) is 12.8 Å². The van der Waals surface area contributed by atoms with Gasteiger partial charge in [0.1, 0.15) is 11.9 Å². The molecule has 0 bridgehead atoms. The summed E-state index contributed by atoms with van der Waals surface area (Å²) in [5, 5.41) is 9.89. The van der Waals surface area contributed by atoms with E-state index in [0.29, 0.717) is 12.0 Å². The Morgan fingerprint density at radius 2 is 1.61 bits per heavy atom. The minimum absolute atomic E-state index is 0.0583. The Kier molecular flexibility index (Phi) is 9.46. The van der Waals surface area contributed by atoms with Crippen molar-refractivity contribution in [3.8, 4) is 0 Å². The van der Waals surface area contributed by atoms with Crippen LogP contribution in [0.2, 0.25) is 0 Å². The fraction of sp³-hybridized carbons (Fsp3) is 0.600. The van der Waals surface area contributed by atoms with Gasteiger partial charge < -0.3 is 5.11 Å². The average molecular weight is 318 g/mol. The number of benzene rings is 1. The lowest BCUT2D eigenvalue weighted by molar-refractivity contribution is -0.120. The van der Waals surface area contributed by atoms with Gasteiger partial charge in [0.25, 0.3) is 0 Å². The first-order chi connectivity index (χ1) is 11.1. The van der Waals surface area contributed by atoms with E-state index in [1.165, 1.54) is 37.7 Å². The molecule has 1 rings (SSSR count). The maximum Gasteiger partial charge on any atom is 0.191 e. The molecule has 0 fully saturated rings.